The van der Waals surface area contributed by atoms with Crippen molar-refractivity contribution in [3.8, 4) is 0 Å². The molecule has 3 aliphatic rings. The fourth-order valence-electron chi connectivity index (χ4n) is 3.86. The van der Waals surface area contributed by atoms with E-state index in [1.54, 1.807) is 0 Å². The van der Waals surface area contributed by atoms with E-state index in [9.17, 15) is 4.79 Å². The van der Waals surface area contributed by atoms with Gasteiger partial charge in [-0.15, -0.1) is 0 Å². The zero-order valence-electron chi connectivity index (χ0n) is 10.6. The number of amides is 1. The summed E-state index contributed by atoms with van der Waals surface area (Å²) in [6, 6.07) is 8.54. The van der Waals surface area contributed by atoms with Crippen LogP contribution in [0.15, 0.2) is 24.3 Å². The van der Waals surface area contributed by atoms with Gasteiger partial charge in [0.05, 0.1) is 0 Å². The molecule has 4 rings (SSSR count). The van der Waals surface area contributed by atoms with Gasteiger partial charge in [0.1, 0.15) is 0 Å². The number of carbonyl (C=O) groups is 1. The van der Waals surface area contributed by atoms with Gasteiger partial charge in [-0.25, -0.2) is 0 Å². The molecule has 0 aromatic heterocycles. The summed E-state index contributed by atoms with van der Waals surface area (Å²) >= 11 is 0. The first-order valence-electron chi connectivity index (χ1n) is 7.17. The number of nitrogens with zero attached hydrogens (tertiary/aromatic N) is 1. The molecular weight excluding hydrogens is 222 g/mol. The van der Waals surface area contributed by atoms with Crippen molar-refractivity contribution in [2.45, 2.75) is 32.2 Å². The fourth-order valence-corrected chi connectivity index (χ4v) is 3.86. The van der Waals surface area contributed by atoms with Crippen LogP contribution in [0.3, 0.4) is 0 Å². The summed E-state index contributed by atoms with van der Waals surface area (Å²) in [6.45, 7) is 1.75. The van der Waals surface area contributed by atoms with E-state index in [0.29, 0.717) is 11.8 Å². The van der Waals surface area contributed by atoms with E-state index >= 15 is 0 Å². The number of benzene rings is 1. The number of hydrogen-bond acceptors (Lipinski definition) is 1. The molecule has 0 radical (unpaired) electrons. The second-order valence-corrected chi connectivity index (χ2v) is 6.20. The number of hydrogen-bond donors (Lipinski definition) is 0. The average Bonchev–Trinajstić information content (AvgIpc) is 3.04. The quantitative estimate of drug-likeness (QED) is 0.740. The molecule has 1 heterocycles. The lowest BCUT2D eigenvalue weighted by atomic mass is 9.96. The maximum atomic E-state index is 12.5. The van der Waals surface area contributed by atoms with Crippen molar-refractivity contribution in [1.82, 2.24) is 4.90 Å². The molecule has 0 spiro atoms. The van der Waals surface area contributed by atoms with Crippen molar-refractivity contribution in [3.63, 3.8) is 0 Å². The first-order valence-corrected chi connectivity index (χ1v) is 7.17. The van der Waals surface area contributed by atoms with Crippen molar-refractivity contribution in [2.24, 2.45) is 17.8 Å². The van der Waals surface area contributed by atoms with Gasteiger partial charge in [-0.05, 0) is 48.6 Å². The Balaban J connectivity index is 1.48. The second kappa shape index (κ2) is 3.84. The highest BCUT2D eigenvalue weighted by Gasteiger charge is 2.48. The highest BCUT2D eigenvalue weighted by molar-refractivity contribution is 5.79. The van der Waals surface area contributed by atoms with Crippen LogP contribution in [-0.4, -0.2) is 17.4 Å². The van der Waals surface area contributed by atoms with Gasteiger partial charge in [-0.3, -0.25) is 4.79 Å². The van der Waals surface area contributed by atoms with Crippen molar-refractivity contribution in [2.75, 3.05) is 6.54 Å². The summed E-state index contributed by atoms with van der Waals surface area (Å²) in [5.74, 6) is 2.57. The monoisotopic (exact) mass is 241 g/mol. The molecule has 1 aromatic rings. The van der Waals surface area contributed by atoms with Crippen LogP contribution in [0.2, 0.25) is 0 Å². The Bertz CT molecular complexity index is 486. The molecule has 2 atom stereocenters. The number of fused-ring (bicyclic) bond motifs is 2. The zero-order chi connectivity index (χ0) is 12.1. The van der Waals surface area contributed by atoms with Crippen LogP contribution in [0.5, 0.6) is 0 Å². The van der Waals surface area contributed by atoms with E-state index in [2.05, 4.69) is 29.2 Å². The molecule has 2 fully saturated rings. The minimum Gasteiger partial charge on any atom is -0.338 e. The summed E-state index contributed by atoms with van der Waals surface area (Å²) in [5.41, 5.74) is 2.77. The third kappa shape index (κ3) is 1.66. The van der Waals surface area contributed by atoms with Crippen LogP contribution in [0, 0.1) is 17.8 Å². The first-order chi connectivity index (χ1) is 8.81. The van der Waals surface area contributed by atoms with Crippen molar-refractivity contribution >= 4 is 5.91 Å². The Morgan fingerprint density at radius 1 is 1.06 bits per heavy atom. The predicted molar refractivity (Wildman–Crippen MR) is 69.9 cm³/mol. The van der Waals surface area contributed by atoms with Gasteiger partial charge in [0.15, 0.2) is 0 Å². The molecule has 2 aliphatic carbocycles. The van der Waals surface area contributed by atoms with Gasteiger partial charge in [0.2, 0.25) is 5.91 Å². The topological polar surface area (TPSA) is 20.3 Å². The average molecular weight is 241 g/mol. The SMILES string of the molecule is O=C(C1CC2CC2C1)N1CCc2ccccc2C1. The van der Waals surface area contributed by atoms with Gasteiger partial charge >= 0.3 is 0 Å². The molecule has 2 nitrogen and oxygen atoms in total. The van der Waals surface area contributed by atoms with Gasteiger partial charge in [-0.2, -0.15) is 0 Å². The van der Waals surface area contributed by atoms with Crippen LogP contribution in [0.1, 0.15) is 30.4 Å². The predicted octanol–water partition coefficient (Wildman–Crippen LogP) is 2.62. The maximum Gasteiger partial charge on any atom is 0.226 e. The van der Waals surface area contributed by atoms with Crippen LogP contribution in [0.4, 0.5) is 0 Å². The Morgan fingerprint density at radius 2 is 1.78 bits per heavy atom. The van der Waals surface area contributed by atoms with Crippen LogP contribution < -0.4 is 0 Å². The van der Waals surface area contributed by atoms with E-state index in [4.69, 9.17) is 0 Å². The summed E-state index contributed by atoms with van der Waals surface area (Å²) in [7, 11) is 0. The standard InChI is InChI=1S/C16H19NO/c18-16(15-8-13-7-14(13)9-15)17-6-5-11-3-1-2-4-12(11)10-17/h1-4,13-15H,5-10H2. The fraction of sp³-hybridized carbons (Fsp3) is 0.562. The van der Waals surface area contributed by atoms with Gasteiger partial charge in [0, 0.05) is 19.0 Å². The molecule has 2 saturated carbocycles. The molecule has 18 heavy (non-hydrogen) atoms. The molecule has 0 saturated heterocycles. The first kappa shape index (κ1) is 10.6. The summed E-state index contributed by atoms with van der Waals surface area (Å²) in [6.07, 6.45) is 4.76. The Hall–Kier alpha value is -1.31. The summed E-state index contributed by atoms with van der Waals surface area (Å²) in [4.78, 5) is 14.6. The molecule has 94 valence electrons. The van der Waals surface area contributed by atoms with E-state index in [1.165, 1.54) is 30.4 Å². The van der Waals surface area contributed by atoms with Gasteiger partial charge < -0.3 is 4.90 Å². The van der Waals surface area contributed by atoms with Crippen molar-refractivity contribution < 1.29 is 4.79 Å². The molecule has 1 aromatic carbocycles. The third-order valence-electron chi connectivity index (χ3n) is 5.04. The maximum absolute atomic E-state index is 12.5. The zero-order valence-corrected chi connectivity index (χ0v) is 10.6. The van der Waals surface area contributed by atoms with E-state index in [0.717, 1.165) is 31.3 Å². The highest BCUT2D eigenvalue weighted by Crippen LogP contribution is 2.54. The van der Waals surface area contributed by atoms with Gasteiger partial charge in [-0.1, -0.05) is 24.3 Å². The molecule has 1 amide bonds. The van der Waals surface area contributed by atoms with Crippen LogP contribution in [-0.2, 0) is 17.8 Å². The largest absolute Gasteiger partial charge is 0.338 e. The molecule has 1 aliphatic heterocycles. The normalized spacial score (nSPS) is 32.9. The highest BCUT2D eigenvalue weighted by atomic mass is 16.2. The summed E-state index contributed by atoms with van der Waals surface area (Å²) < 4.78 is 0. The minimum absolute atomic E-state index is 0.346. The smallest absolute Gasteiger partial charge is 0.226 e. The van der Waals surface area contributed by atoms with Gasteiger partial charge in [0.25, 0.3) is 0 Å². The molecule has 0 N–H and O–H groups in total. The number of carbonyl (C=O) groups excluding carboxylic acids is 1. The molecule has 2 unspecified atom stereocenters. The number of rotatable bonds is 1. The Morgan fingerprint density at radius 3 is 2.56 bits per heavy atom. The lowest BCUT2D eigenvalue weighted by Gasteiger charge is -2.31. The Kier molecular flexibility index (Phi) is 2.26. The Labute approximate surface area is 108 Å². The molecule has 0 bridgehead atoms. The summed E-state index contributed by atoms with van der Waals surface area (Å²) in [5, 5.41) is 0. The lowest BCUT2D eigenvalue weighted by molar-refractivity contribution is -0.136. The van der Waals surface area contributed by atoms with Crippen LogP contribution in [0.25, 0.3) is 0 Å². The molecular formula is C16H19NO. The second-order valence-electron chi connectivity index (χ2n) is 6.20. The van der Waals surface area contributed by atoms with Crippen LogP contribution >= 0.6 is 0 Å². The van der Waals surface area contributed by atoms with E-state index in [-0.39, 0.29) is 0 Å². The minimum atomic E-state index is 0.346. The van der Waals surface area contributed by atoms with Crippen molar-refractivity contribution in [3.05, 3.63) is 35.4 Å². The third-order valence-corrected chi connectivity index (χ3v) is 5.04. The van der Waals surface area contributed by atoms with Crippen molar-refractivity contribution in [1.29, 1.82) is 0 Å². The van der Waals surface area contributed by atoms with E-state index in [1.807, 2.05) is 0 Å². The lowest BCUT2D eigenvalue weighted by Crippen LogP contribution is -2.39. The van der Waals surface area contributed by atoms with E-state index < -0.39 is 0 Å². The molecule has 2 heteroatoms.